The molecule has 0 aliphatic heterocycles. The van der Waals surface area contributed by atoms with Crippen LogP contribution in [0.4, 0.5) is 0 Å². The van der Waals surface area contributed by atoms with Crippen LogP contribution < -0.4 is 10.1 Å². The fraction of sp³-hybridized carbons (Fsp3) is 0.217. The highest BCUT2D eigenvalue weighted by atomic mass is 16.5. The molecule has 3 aromatic heterocycles. The van der Waals surface area contributed by atoms with Gasteiger partial charge in [-0.1, -0.05) is 31.2 Å². The number of nitrogens with one attached hydrogen (secondary N) is 2. The first-order valence-electron chi connectivity index (χ1n) is 9.59. The second-order valence-corrected chi connectivity index (χ2v) is 6.65. The molecule has 4 aromatic rings. The lowest BCUT2D eigenvalue weighted by Crippen LogP contribution is -2.16. The van der Waals surface area contributed by atoms with Gasteiger partial charge in [-0.05, 0) is 42.8 Å². The number of nitrogens with zero attached hydrogens (tertiary/aromatic N) is 2. The largest absolute Gasteiger partial charge is 0.490 e. The molecule has 3 heterocycles. The smallest absolute Gasteiger partial charge is 0.146 e. The lowest BCUT2D eigenvalue weighted by molar-refractivity contribution is 0.318. The number of aromatic nitrogens is 3. The molecule has 0 spiro atoms. The van der Waals surface area contributed by atoms with Gasteiger partial charge in [-0.2, -0.15) is 0 Å². The maximum Gasteiger partial charge on any atom is 0.146 e. The molecular weight excluding hydrogens is 348 g/mol. The number of pyridine rings is 2. The van der Waals surface area contributed by atoms with Crippen molar-refractivity contribution in [2.45, 2.75) is 13.3 Å². The van der Waals surface area contributed by atoms with Crippen LogP contribution in [-0.4, -0.2) is 35.2 Å². The van der Waals surface area contributed by atoms with E-state index >= 15 is 0 Å². The van der Waals surface area contributed by atoms with Gasteiger partial charge in [0.15, 0.2) is 0 Å². The van der Waals surface area contributed by atoms with E-state index in [1.165, 1.54) is 5.56 Å². The topological polar surface area (TPSA) is 62.8 Å². The van der Waals surface area contributed by atoms with Gasteiger partial charge in [0.05, 0.1) is 22.9 Å². The van der Waals surface area contributed by atoms with E-state index in [1.807, 2.05) is 25.4 Å². The SMILES string of the molecule is CCc1cccc(-c2c(-c3ccncc3OCCNC)[nH]c3cccnc23)c1. The van der Waals surface area contributed by atoms with Gasteiger partial charge in [0.1, 0.15) is 12.4 Å². The van der Waals surface area contributed by atoms with Crippen LogP contribution in [0.25, 0.3) is 33.4 Å². The Morgan fingerprint density at radius 3 is 2.89 bits per heavy atom. The van der Waals surface area contributed by atoms with E-state index in [1.54, 1.807) is 12.4 Å². The van der Waals surface area contributed by atoms with Crippen LogP contribution in [0.3, 0.4) is 0 Å². The molecule has 0 saturated carbocycles. The molecule has 5 nitrogen and oxygen atoms in total. The lowest BCUT2D eigenvalue weighted by atomic mass is 9.98. The summed E-state index contributed by atoms with van der Waals surface area (Å²) in [4.78, 5) is 12.5. The normalized spacial score (nSPS) is 11.1. The summed E-state index contributed by atoms with van der Waals surface area (Å²) in [6.45, 7) is 3.52. The van der Waals surface area contributed by atoms with Crippen LogP contribution in [0.15, 0.2) is 61.1 Å². The first kappa shape index (κ1) is 18.2. The number of benzene rings is 1. The van der Waals surface area contributed by atoms with Crippen molar-refractivity contribution in [2.24, 2.45) is 0 Å². The van der Waals surface area contributed by atoms with Gasteiger partial charge < -0.3 is 15.0 Å². The highest BCUT2D eigenvalue weighted by Gasteiger charge is 2.19. The summed E-state index contributed by atoms with van der Waals surface area (Å²) in [5.74, 6) is 0.761. The van der Waals surface area contributed by atoms with Crippen molar-refractivity contribution in [1.82, 2.24) is 20.3 Å². The highest BCUT2D eigenvalue weighted by Crippen LogP contribution is 2.40. The molecule has 0 aliphatic carbocycles. The first-order chi connectivity index (χ1) is 13.8. The molecule has 28 heavy (non-hydrogen) atoms. The highest BCUT2D eigenvalue weighted by molar-refractivity contribution is 6.02. The van der Waals surface area contributed by atoms with E-state index in [2.05, 4.69) is 57.5 Å². The summed E-state index contributed by atoms with van der Waals surface area (Å²) in [5, 5.41) is 3.11. The van der Waals surface area contributed by atoms with Gasteiger partial charge in [-0.15, -0.1) is 0 Å². The third-order valence-electron chi connectivity index (χ3n) is 4.84. The Morgan fingerprint density at radius 2 is 2.04 bits per heavy atom. The fourth-order valence-corrected chi connectivity index (χ4v) is 3.42. The van der Waals surface area contributed by atoms with E-state index in [9.17, 15) is 0 Å². The zero-order valence-electron chi connectivity index (χ0n) is 16.2. The molecule has 5 heteroatoms. The van der Waals surface area contributed by atoms with Crippen molar-refractivity contribution >= 4 is 11.0 Å². The molecule has 4 rings (SSSR count). The Hall–Kier alpha value is -3.18. The number of hydrogen-bond acceptors (Lipinski definition) is 4. The van der Waals surface area contributed by atoms with E-state index in [4.69, 9.17) is 4.74 Å². The zero-order chi connectivity index (χ0) is 19.3. The van der Waals surface area contributed by atoms with Crippen molar-refractivity contribution in [3.8, 4) is 28.1 Å². The Morgan fingerprint density at radius 1 is 1.11 bits per heavy atom. The van der Waals surface area contributed by atoms with Crippen molar-refractivity contribution in [3.05, 3.63) is 66.6 Å². The minimum Gasteiger partial charge on any atom is -0.490 e. The number of fused-ring (bicyclic) bond motifs is 1. The van der Waals surface area contributed by atoms with Gasteiger partial charge in [-0.25, -0.2) is 0 Å². The van der Waals surface area contributed by atoms with E-state index in [-0.39, 0.29) is 0 Å². The molecule has 0 amide bonds. The molecular formula is C23H24N4O. The van der Waals surface area contributed by atoms with Gasteiger partial charge in [0, 0.05) is 30.1 Å². The zero-order valence-corrected chi connectivity index (χ0v) is 16.2. The summed E-state index contributed by atoms with van der Waals surface area (Å²) < 4.78 is 6.00. The Bertz CT molecular complexity index is 1090. The van der Waals surface area contributed by atoms with Crippen molar-refractivity contribution in [3.63, 3.8) is 0 Å². The molecule has 0 fully saturated rings. The number of ether oxygens (including phenoxy) is 1. The van der Waals surface area contributed by atoms with E-state index in [0.29, 0.717) is 6.61 Å². The summed E-state index contributed by atoms with van der Waals surface area (Å²) in [7, 11) is 1.91. The fourth-order valence-electron chi connectivity index (χ4n) is 3.42. The van der Waals surface area contributed by atoms with Gasteiger partial charge in [-0.3, -0.25) is 9.97 Å². The average molecular weight is 372 g/mol. The minimum absolute atomic E-state index is 0.578. The van der Waals surface area contributed by atoms with Gasteiger partial charge in [0.2, 0.25) is 0 Å². The second-order valence-electron chi connectivity index (χ2n) is 6.65. The van der Waals surface area contributed by atoms with Crippen LogP contribution in [0.5, 0.6) is 5.75 Å². The molecule has 2 N–H and O–H groups in total. The summed E-state index contributed by atoms with van der Waals surface area (Å²) >= 11 is 0. The maximum atomic E-state index is 6.00. The molecule has 0 atom stereocenters. The van der Waals surface area contributed by atoms with Crippen molar-refractivity contribution < 1.29 is 4.74 Å². The Labute approximate surface area is 164 Å². The lowest BCUT2D eigenvalue weighted by Gasteiger charge is -2.12. The summed E-state index contributed by atoms with van der Waals surface area (Å²) in [6.07, 6.45) is 6.40. The van der Waals surface area contributed by atoms with Gasteiger partial charge in [0.25, 0.3) is 0 Å². The van der Waals surface area contributed by atoms with E-state index in [0.717, 1.165) is 52.1 Å². The Kier molecular flexibility index (Phi) is 5.35. The monoisotopic (exact) mass is 372 g/mol. The third kappa shape index (κ3) is 3.49. The maximum absolute atomic E-state index is 6.00. The standard InChI is InChI=1S/C23H24N4O/c1-3-16-6-4-7-17(14-16)21-22(27-19-8-5-10-26-23(19)21)18-9-11-25-15-20(18)28-13-12-24-2/h4-11,14-15,24,27H,3,12-13H2,1-2H3. The van der Waals surface area contributed by atoms with Crippen LogP contribution in [0.1, 0.15) is 12.5 Å². The first-order valence-corrected chi connectivity index (χ1v) is 9.59. The molecule has 0 aliphatic rings. The number of hydrogen-bond donors (Lipinski definition) is 2. The van der Waals surface area contributed by atoms with Gasteiger partial charge >= 0.3 is 0 Å². The predicted molar refractivity (Wildman–Crippen MR) is 114 cm³/mol. The second kappa shape index (κ2) is 8.23. The Balaban J connectivity index is 1.91. The van der Waals surface area contributed by atoms with Crippen LogP contribution >= 0.6 is 0 Å². The molecule has 0 bridgehead atoms. The van der Waals surface area contributed by atoms with Crippen molar-refractivity contribution in [2.75, 3.05) is 20.2 Å². The number of aromatic amines is 1. The summed E-state index contributed by atoms with van der Waals surface area (Å²) in [5.41, 5.74) is 7.50. The predicted octanol–water partition coefficient (Wildman–Crippen LogP) is 4.45. The average Bonchev–Trinajstić information content (AvgIpc) is 3.14. The quantitative estimate of drug-likeness (QED) is 0.471. The van der Waals surface area contributed by atoms with E-state index < -0.39 is 0 Å². The number of likely N-dealkylation sites (N-methyl/N-ethyl adjacent to an activating group) is 1. The molecule has 142 valence electrons. The summed E-state index contributed by atoms with van der Waals surface area (Å²) in [6, 6.07) is 14.6. The number of aryl methyl sites for hydroxylation is 1. The molecule has 1 aromatic carbocycles. The van der Waals surface area contributed by atoms with Crippen LogP contribution in [-0.2, 0) is 6.42 Å². The number of rotatable bonds is 7. The minimum atomic E-state index is 0.578. The van der Waals surface area contributed by atoms with Crippen molar-refractivity contribution in [1.29, 1.82) is 0 Å². The molecule has 0 saturated heterocycles. The molecule has 0 radical (unpaired) electrons. The van der Waals surface area contributed by atoms with Crippen LogP contribution in [0.2, 0.25) is 0 Å². The van der Waals surface area contributed by atoms with Crippen LogP contribution in [0, 0.1) is 0 Å². The number of H-pyrrole nitrogens is 1. The third-order valence-corrected chi connectivity index (χ3v) is 4.84. The molecule has 0 unspecified atom stereocenters.